The molecule has 3 amide bonds. The molecule has 0 radical (unpaired) electrons. The first-order chi connectivity index (χ1) is 8.58. The molecule has 1 aliphatic rings. The van der Waals surface area contributed by atoms with Crippen LogP contribution in [0.25, 0.3) is 0 Å². The first-order valence-corrected chi connectivity index (χ1v) is 5.48. The van der Waals surface area contributed by atoms with Crippen LogP contribution in [-0.2, 0) is 11.2 Å². The van der Waals surface area contributed by atoms with Crippen molar-refractivity contribution in [3.05, 3.63) is 35.4 Å². The second kappa shape index (κ2) is 4.87. The average Bonchev–Trinajstić information content (AvgIpc) is 2.67. The maximum atomic E-state index is 11.3. The number of imide groups is 1. The maximum Gasteiger partial charge on any atom is 0.335 e. The Morgan fingerprint density at radius 2 is 2.17 bits per heavy atom. The fraction of sp³-hybridized carbons (Fsp3) is 0.250. The van der Waals surface area contributed by atoms with Crippen molar-refractivity contribution < 1.29 is 19.5 Å². The van der Waals surface area contributed by atoms with Crippen LogP contribution in [0.5, 0.6) is 0 Å². The molecule has 0 aliphatic carbocycles. The monoisotopic (exact) mass is 248 g/mol. The highest BCUT2D eigenvalue weighted by Gasteiger charge is 2.27. The number of nitrogens with zero attached hydrogens (tertiary/aromatic N) is 1. The number of benzene rings is 1. The molecule has 0 saturated carbocycles. The summed E-state index contributed by atoms with van der Waals surface area (Å²) >= 11 is 0. The number of carboxylic acid groups (broad SMARTS) is 1. The van der Waals surface area contributed by atoms with Crippen LogP contribution in [-0.4, -0.2) is 41.0 Å². The van der Waals surface area contributed by atoms with E-state index in [1.165, 1.54) is 6.07 Å². The number of rotatable bonds is 4. The standard InChI is InChI=1S/C12H12N2O4/c15-10-7-13-12(18)14(10)5-4-8-2-1-3-9(6-8)11(16)17/h1-3,6H,4-5,7H2,(H,13,18)(H,16,17). The molecule has 0 bridgehead atoms. The lowest BCUT2D eigenvalue weighted by Gasteiger charge is -2.12. The van der Waals surface area contributed by atoms with Gasteiger partial charge in [0.25, 0.3) is 0 Å². The van der Waals surface area contributed by atoms with Gasteiger partial charge in [-0.15, -0.1) is 0 Å². The zero-order chi connectivity index (χ0) is 13.1. The molecule has 1 fully saturated rings. The number of hydrogen-bond acceptors (Lipinski definition) is 3. The predicted molar refractivity (Wildman–Crippen MR) is 62.2 cm³/mol. The van der Waals surface area contributed by atoms with Crippen LogP contribution in [0.15, 0.2) is 24.3 Å². The highest BCUT2D eigenvalue weighted by atomic mass is 16.4. The molecule has 0 atom stereocenters. The molecule has 0 unspecified atom stereocenters. The van der Waals surface area contributed by atoms with E-state index in [1.807, 2.05) is 0 Å². The minimum absolute atomic E-state index is 0.0357. The molecule has 0 spiro atoms. The highest BCUT2D eigenvalue weighted by molar-refractivity contribution is 6.01. The molecular weight excluding hydrogens is 236 g/mol. The zero-order valence-corrected chi connectivity index (χ0v) is 9.55. The van der Waals surface area contributed by atoms with Gasteiger partial charge in [0.05, 0.1) is 12.1 Å². The Kier molecular flexibility index (Phi) is 3.27. The van der Waals surface area contributed by atoms with Gasteiger partial charge in [-0.2, -0.15) is 0 Å². The molecule has 18 heavy (non-hydrogen) atoms. The summed E-state index contributed by atoms with van der Waals surface area (Å²) in [4.78, 5) is 34.5. The van der Waals surface area contributed by atoms with Crippen LogP contribution < -0.4 is 5.32 Å². The fourth-order valence-corrected chi connectivity index (χ4v) is 1.78. The van der Waals surface area contributed by atoms with E-state index in [0.717, 1.165) is 10.5 Å². The second-order valence-electron chi connectivity index (χ2n) is 3.96. The van der Waals surface area contributed by atoms with E-state index in [1.54, 1.807) is 18.2 Å². The summed E-state index contributed by atoms with van der Waals surface area (Å²) in [5.74, 6) is -1.25. The molecule has 1 saturated heterocycles. The molecule has 2 N–H and O–H groups in total. The van der Waals surface area contributed by atoms with Gasteiger partial charge in [-0.3, -0.25) is 9.69 Å². The summed E-state index contributed by atoms with van der Waals surface area (Å²) in [6.07, 6.45) is 0.445. The molecule has 1 aliphatic heterocycles. The van der Waals surface area contributed by atoms with Gasteiger partial charge in [0.15, 0.2) is 0 Å². The maximum absolute atomic E-state index is 11.3. The molecule has 6 heteroatoms. The largest absolute Gasteiger partial charge is 0.478 e. The number of nitrogens with one attached hydrogen (secondary N) is 1. The van der Waals surface area contributed by atoms with E-state index < -0.39 is 12.0 Å². The average molecular weight is 248 g/mol. The van der Waals surface area contributed by atoms with Crippen LogP contribution >= 0.6 is 0 Å². The van der Waals surface area contributed by atoms with Gasteiger partial charge in [0.2, 0.25) is 5.91 Å². The number of aromatic carboxylic acids is 1. The first-order valence-electron chi connectivity index (χ1n) is 5.48. The van der Waals surface area contributed by atoms with Crippen molar-refractivity contribution in [2.45, 2.75) is 6.42 Å². The Bertz CT molecular complexity index is 497. The molecule has 2 rings (SSSR count). The number of carboxylic acids is 1. The lowest BCUT2D eigenvalue weighted by atomic mass is 10.1. The van der Waals surface area contributed by atoms with Gasteiger partial charge in [-0.25, -0.2) is 9.59 Å². The minimum atomic E-state index is -0.994. The normalized spacial score (nSPS) is 14.8. The van der Waals surface area contributed by atoms with E-state index >= 15 is 0 Å². The number of amides is 3. The first kappa shape index (κ1) is 12.1. The summed E-state index contributed by atoms with van der Waals surface area (Å²) in [6, 6.07) is 6.06. The zero-order valence-electron chi connectivity index (χ0n) is 9.55. The number of carbonyl (C=O) groups is 3. The van der Waals surface area contributed by atoms with E-state index in [2.05, 4.69) is 5.32 Å². The van der Waals surface area contributed by atoms with Gasteiger partial charge in [0.1, 0.15) is 0 Å². The molecule has 1 aromatic rings. The van der Waals surface area contributed by atoms with Crippen molar-refractivity contribution in [1.82, 2.24) is 10.2 Å². The van der Waals surface area contributed by atoms with Gasteiger partial charge in [0, 0.05) is 6.54 Å². The number of hydrogen-bond donors (Lipinski definition) is 2. The molecule has 94 valence electrons. The van der Waals surface area contributed by atoms with Crippen molar-refractivity contribution in [3.8, 4) is 0 Å². The predicted octanol–water partition coefficient (Wildman–Crippen LogP) is 0.479. The Labute approximate surface area is 103 Å². The summed E-state index contributed by atoms with van der Waals surface area (Å²) in [7, 11) is 0. The molecule has 1 aromatic carbocycles. The Balaban J connectivity index is 2.02. The van der Waals surface area contributed by atoms with E-state index in [0.29, 0.717) is 6.42 Å². The highest BCUT2D eigenvalue weighted by Crippen LogP contribution is 2.08. The number of carbonyl (C=O) groups excluding carboxylic acids is 2. The van der Waals surface area contributed by atoms with Crippen LogP contribution in [0.2, 0.25) is 0 Å². The van der Waals surface area contributed by atoms with Gasteiger partial charge < -0.3 is 10.4 Å². The van der Waals surface area contributed by atoms with Crippen molar-refractivity contribution in [3.63, 3.8) is 0 Å². The van der Waals surface area contributed by atoms with Gasteiger partial charge in [-0.05, 0) is 24.1 Å². The molecular formula is C12H12N2O4. The lowest BCUT2D eigenvalue weighted by Crippen LogP contribution is -2.32. The van der Waals surface area contributed by atoms with Gasteiger partial charge >= 0.3 is 12.0 Å². The minimum Gasteiger partial charge on any atom is -0.478 e. The Hall–Kier alpha value is -2.37. The van der Waals surface area contributed by atoms with Crippen LogP contribution in [0.1, 0.15) is 15.9 Å². The SMILES string of the molecule is O=C(O)c1cccc(CCN2C(=O)CNC2=O)c1. The van der Waals surface area contributed by atoms with Crippen molar-refractivity contribution >= 4 is 17.9 Å². The molecule has 1 heterocycles. The Morgan fingerprint density at radius 1 is 1.39 bits per heavy atom. The van der Waals surface area contributed by atoms with Crippen LogP contribution in [0.3, 0.4) is 0 Å². The number of urea groups is 1. The second-order valence-corrected chi connectivity index (χ2v) is 3.96. The van der Waals surface area contributed by atoms with Crippen molar-refractivity contribution in [1.29, 1.82) is 0 Å². The summed E-state index contributed by atoms with van der Waals surface area (Å²) in [5.41, 5.74) is 0.979. The third-order valence-electron chi connectivity index (χ3n) is 2.74. The lowest BCUT2D eigenvalue weighted by molar-refractivity contribution is -0.124. The van der Waals surface area contributed by atoms with E-state index in [4.69, 9.17) is 5.11 Å². The fourth-order valence-electron chi connectivity index (χ4n) is 1.78. The Morgan fingerprint density at radius 3 is 2.78 bits per heavy atom. The smallest absolute Gasteiger partial charge is 0.335 e. The van der Waals surface area contributed by atoms with Crippen molar-refractivity contribution in [2.75, 3.05) is 13.1 Å². The molecule has 0 aromatic heterocycles. The van der Waals surface area contributed by atoms with E-state index in [-0.39, 0.29) is 24.6 Å². The summed E-state index contributed by atoms with van der Waals surface area (Å²) < 4.78 is 0. The van der Waals surface area contributed by atoms with E-state index in [9.17, 15) is 14.4 Å². The molecule has 6 nitrogen and oxygen atoms in total. The van der Waals surface area contributed by atoms with Crippen molar-refractivity contribution in [2.24, 2.45) is 0 Å². The topological polar surface area (TPSA) is 86.7 Å². The quantitative estimate of drug-likeness (QED) is 0.759. The summed E-state index contributed by atoms with van der Waals surface area (Å²) in [6.45, 7) is 0.293. The van der Waals surface area contributed by atoms with Crippen LogP contribution in [0.4, 0.5) is 4.79 Å². The van der Waals surface area contributed by atoms with Gasteiger partial charge in [-0.1, -0.05) is 12.1 Å². The third kappa shape index (κ3) is 2.48. The summed E-state index contributed by atoms with van der Waals surface area (Å²) in [5, 5.41) is 11.3. The van der Waals surface area contributed by atoms with Crippen LogP contribution in [0, 0.1) is 0 Å². The third-order valence-corrected chi connectivity index (χ3v) is 2.74.